The molecule has 5 rings (SSSR count). The van der Waals surface area contributed by atoms with Crippen LogP contribution in [0.5, 0.6) is 5.75 Å². The molecule has 166 valence electrons. The van der Waals surface area contributed by atoms with Gasteiger partial charge in [0.2, 0.25) is 5.91 Å². The number of aryl methyl sites for hydroxylation is 1. The van der Waals surface area contributed by atoms with Crippen molar-refractivity contribution in [3.05, 3.63) is 83.2 Å². The van der Waals surface area contributed by atoms with Crippen molar-refractivity contribution in [2.75, 3.05) is 10.7 Å². The van der Waals surface area contributed by atoms with Crippen molar-refractivity contribution in [2.45, 2.75) is 28.5 Å². The molecular formula is C24H18ClN3O3S2. The quantitative estimate of drug-likeness (QED) is 0.281. The van der Waals surface area contributed by atoms with E-state index in [-0.39, 0.29) is 18.3 Å². The summed E-state index contributed by atoms with van der Waals surface area (Å²) in [5, 5.41) is 8.96. The highest BCUT2D eigenvalue weighted by Crippen LogP contribution is 2.49. The van der Waals surface area contributed by atoms with Gasteiger partial charge in [0, 0.05) is 14.8 Å². The highest BCUT2D eigenvalue weighted by atomic mass is 35.5. The van der Waals surface area contributed by atoms with Gasteiger partial charge in [-0.3, -0.25) is 9.69 Å². The van der Waals surface area contributed by atoms with Crippen LogP contribution in [0.4, 0.5) is 11.4 Å². The molecule has 0 saturated carbocycles. The molecule has 0 aliphatic carbocycles. The highest BCUT2D eigenvalue weighted by molar-refractivity contribution is 8.00. The smallest absolute Gasteiger partial charge is 0.277 e. The molecule has 0 unspecified atom stereocenters. The number of carbonyl (C=O) groups is 1. The number of aromatic nitrogens is 2. The molecule has 33 heavy (non-hydrogen) atoms. The van der Waals surface area contributed by atoms with Crippen molar-refractivity contribution in [1.82, 2.24) is 10.2 Å². The van der Waals surface area contributed by atoms with Crippen LogP contribution in [0, 0.1) is 6.92 Å². The van der Waals surface area contributed by atoms with Crippen molar-refractivity contribution in [1.29, 1.82) is 0 Å². The standard InChI is InChI=1S/C24H18ClN3O3S2/c1-15-6-2-4-8-19(15)30-13-22-26-27-24(31-22)32-14-23(29)28-17-7-3-5-9-20(17)33-21-11-10-16(25)12-18(21)28/h2-12H,13-14H2,1H3. The normalized spacial score (nSPS) is 12.2. The Labute approximate surface area is 204 Å². The lowest BCUT2D eigenvalue weighted by molar-refractivity contribution is -0.115. The van der Waals surface area contributed by atoms with E-state index >= 15 is 0 Å². The highest BCUT2D eigenvalue weighted by Gasteiger charge is 2.28. The van der Waals surface area contributed by atoms with Crippen LogP contribution in [-0.2, 0) is 11.4 Å². The van der Waals surface area contributed by atoms with E-state index in [0.717, 1.165) is 32.5 Å². The zero-order valence-corrected chi connectivity index (χ0v) is 19.9. The first-order valence-electron chi connectivity index (χ1n) is 10.1. The second-order valence-corrected chi connectivity index (χ2v) is 9.66. The average Bonchev–Trinajstić information content (AvgIpc) is 3.28. The van der Waals surface area contributed by atoms with Crippen LogP contribution in [0.25, 0.3) is 0 Å². The fourth-order valence-corrected chi connectivity index (χ4v) is 5.23. The molecule has 0 spiro atoms. The number of ether oxygens (including phenoxy) is 1. The van der Waals surface area contributed by atoms with Gasteiger partial charge < -0.3 is 9.15 Å². The Morgan fingerprint density at radius 2 is 1.85 bits per heavy atom. The predicted octanol–water partition coefficient (Wildman–Crippen LogP) is 6.53. The number of nitrogens with zero attached hydrogens (tertiary/aromatic N) is 3. The molecule has 1 aliphatic heterocycles. The third-order valence-electron chi connectivity index (χ3n) is 4.95. The van der Waals surface area contributed by atoms with E-state index in [0.29, 0.717) is 16.1 Å². The minimum absolute atomic E-state index is 0.104. The number of anilines is 2. The first kappa shape index (κ1) is 21.9. The number of para-hydroxylation sites is 2. The molecule has 0 saturated heterocycles. The van der Waals surface area contributed by atoms with Crippen molar-refractivity contribution in [3.8, 4) is 5.75 Å². The first-order chi connectivity index (χ1) is 16.1. The van der Waals surface area contributed by atoms with E-state index < -0.39 is 0 Å². The molecule has 1 aromatic heterocycles. The summed E-state index contributed by atoms with van der Waals surface area (Å²) in [5.41, 5.74) is 2.63. The minimum atomic E-state index is -0.104. The summed E-state index contributed by atoms with van der Waals surface area (Å²) in [4.78, 5) is 17.0. The van der Waals surface area contributed by atoms with E-state index in [4.69, 9.17) is 20.8 Å². The van der Waals surface area contributed by atoms with Gasteiger partial charge in [0.15, 0.2) is 6.61 Å². The SMILES string of the molecule is Cc1ccccc1OCc1nnc(SCC(=O)N2c3ccccc3Sc3ccc(Cl)cc32)o1. The Hall–Kier alpha value is -2.94. The van der Waals surface area contributed by atoms with Crippen molar-refractivity contribution < 1.29 is 13.9 Å². The Morgan fingerprint density at radius 1 is 1.06 bits per heavy atom. The summed E-state index contributed by atoms with van der Waals surface area (Å²) in [5.74, 6) is 1.14. The predicted molar refractivity (Wildman–Crippen MR) is 130 cm³/mol. The molecule has 0 N–H and O–H groups in total. The van der Waals surface area contributed by atoms with Gasteiger partial charge >= 0.3 is 0 Å². The van der Waals surface area contributed by atoms with Crippen molar-refractivity contribution in [2.24, 2.45) is 0 Å². The number of halogens is 1. The molecule has 0 radical (unpaired) electrons. The topological polar surface area (TPSA) is 68.5 Å². The summed E-state index contributed by atoms with van der Waals surface area (Å²) in [6.45, 7) is 2.13. The number of hydrogen-bond donors (Lipinski definition) is 0. The van der Waals surface area contributed by atoms with Gasteiger partial charge in [-0.05, 0) is 48.9 Å². The Bertz CT molecular complexity index is 1330. The van der Waals surface area contributed by atoms with Gasteiger partial charge in [-0.1, -0.05) is 65.5 Å². The fourth-order valence-electron chi connectivity index (χ4n) is 3.40. The summed E-state index contributed by atoms with van der Waals surface area (Å²) in [6, 6.07) is 21.1. The maximum atomic E-state index is 13.3. The molecule has 0 fully saturated rings. The summed E-state index contributed by atoms with van der Waals surface area (Å²) in [6.07, 6.45) is 0. The second kappa shape index (κ2) is 9.51. The largest absolute Gasteiger partial charge is 0.484 e. The molecule has 0 atom stereocenters. The van der Waals surface area contributed by atoms with Gasteiger partial charge in [-0.25, -0.2) is 0 Å². The van der Waals surface area contributed by atoms with Gasteiger partial charge in [0.25, 0.3) is 11.1 Å². The minimum Gasteiger partial charge on any atom is -0.484 e. The Morgan fingerprint density at radius 3 is 2.73 bits per heavy atom. The average molecular weight is 496 g/mol. The van der Waals surface area contributed by atoms with Crippen molar-refractivity contribution >= 4 is 52.4 Å². The van der Waals surface area contributed by atoms with Crippen LogP contribution < -0.4 is 9.64 Å². The van der Waals surface area contributed by atoms with Gasteiger partial charge in [0.1, 0.15) is 5.75 Å². The molecule has 4 aromatic rings. The Kier molecular flexibility index (Phi) is 6.30. The zero-order chi connectivity index (χ0) is 22.8. The van der Waals surface area contributed by atoms with Crippen LogP contribution in [0.15, 0.2) is 86.2 Å². The lowest BCUT2D eigenvalue weighted by atomic mass is 10.2. The number of benzene rings is 3. The van der Waals surface area contributed by atoms with E-state index in [1.807, 2.05) is 73.7 Å². The van der Waals surface area contributed by atoms with Crippen LogP contribution in [-0.4, -0.2) is 21.9 Å². The van der Waals surface area contributed by atoms with Crippen LogP contribution >= 0.6 is 35.1 Å². The lowest BCUT2D eigenvalue weighted by Crippen LogP contribution is -2.30. The van der Waals surface area contributed by atoms with Gasteiger partial charge in [0.05, 0.1) is 17.1 Å². The number of hydrogen-bond acceptors (Lipinski definition) is 7. The number of rotatable bonds is 6. The maximum absolute atomic E-state index is 13.3. The van der Waals surface area contributed by atoms with Crippen LogP contribution in [0.2, 0.25) is 5.02 Å². The van der Waals surface area contributed by atoms with Gasteiger partial charge in [-0.2, -0.15) is 0 Å². The Balaban J connectivity index is 1.28. The van der Waals surface area contributed by atoms with E-state index in [1.54, 1.807) is 16.7 Å². The molecular weight excluding hydrogens is 478 g/mol. The molecule has 6 nitrogen and oxygen atoms in total. The van der Waals surface area contributed by atoms with Crippen LogP contribution in [0.1, 0.15) is 11.5 Å². The molecule has 0 bridgehead atoms. The second-order valence-electron chi connectivity index (χ2n) is 7.22. The van der Waals surface area contributed by atoms with Crippen LogP contribution in [0.3, 0.4) is 0 Å². The third-order valence-corrected chi connectivity index (χ3v) is 7.12. The zero-order valence-electron chi connectivity index (χ0n) is 17.5. The van der Waals surface area contributed by atoms with Crippen molar-refractivity contribution in [3.63, 3.8) is 0 Å². The molecule has 1 aliphatic rings. The fraction of sp³-hybridized carbons (Fsp3) is 0.125. The number of thioether (sulfide) groups is 1. The molecule has 1 amide bonds. The van der Waals surface area contributed by atoms with E-state index in [2.05, 4.69) is 10.2 Å². The summed E-state index contributed by atoms with van der Waals surface area (Å²) >= 11 is 9.05. The molecule has 9 heteroatoms. The molecule has 2 heterocycles. The summed E-state index contributed by atoms with van der Waals surface area (Å²) in [7, 11) is 0. The van der Waals surface area contributed by atoms with E-state index in [1.165, 1.54) is 11.8 Å². The third kappa shape index (κ3) is 4.73. The lowest BCUT2D eigenvalue weighted by Gasteiger charge is -2.31. The first-order valence-corrected chi connectivity index (χ1v) is 12.3. The summed E-state index contributed by atoms with van der Waals surface area (Å²) < 4.78 is 11.4. The maximum Gasteiger partial charge on any atom is 0.277 e. The number of carbonyl (C=O) groups excluding carboxylic acids is 1. The number of fused-ring (bicyclic) bond motifs is 2. The van der Waals surface area contributed by atoms with E-state index in [9.17, 15) is 4.79 Å². The number of amides is 1. The molecule has 3 aromatic carbocycles. The monoisotopic (exact) mass is 495 g/mol. The van der Waals surface area contributed by atoms with Gasteiger partial charge in [-0.15, -0.1) is 10.2 Å².